The minimum atomic E-state index is 0.00511. The smallest absolute Gasteiger partial charge is 0.224 e. The van der Waals surface area contributed by atoms with Crippen molar-refractivity contribution in [3.8, 4) is 0 Å². The Labute approximate surface area is 118 Å². The molecular weight excluding hydrogens is 258 g/mol. The SMILES string of the molecule is Cc1cccc(CC(=O)NCc2ccccc2Cl)c1. The molecule has 0 heterocycles. The lowest BCUT2D eigenvalue weighted by molar-refractivity contribution is -0.120. The summed E-state index contributed by atoms with van der Waals surface area (Å²) in [4.78, 5) is 11.9. The largest absolute Gasteiger partial charge is 0.352 e. The summed E-state index contributed by atoms with van der Waals surface area (Å²) in [6, 6.07) is 15.5. The molecule has 1 N–H and O–H groups in total. The molecule has 0 aliphatic carbocycles. The summed E-state index contributed by atoms with van der Waals surface area (Å²) in [6.45, 7) is 2.48. The quantitative estimate of drug-likeness (QED) is 0.907. The van der Waals surface area contributed by atoms with Gasteiger partial charge in [0.25, 0.3) is 0 Å². The Hall–Kier alpha value is -1.80. The molecule has 0 aliphatic rings. The van der Waals surface area contributed by atoms with Crippen LogP contribution in [0.25, 0.3) is 0 Å². The van der Waals surface area contributed by atoms with Crippen LogP contribution in [0.5, 0.6) is 0 Å². The molecule has 1 amide bonds. The van der Waals surface area contributed by atoms with Gasteiger partial charge in [-0.05, 0) is 24.1 Å². The molecule has 2 rings (SSSR count). The number of halogens is 1. The van der Waals surface area contributed by atoms with Crippen LogP contribution in [0.2, 0.25) is 5.02 Å². The van der Waals surface area contributed by atoms with E-state index in [4.69, 9.17) is 11.6 Å². The van der Waals surface area contributed by atoms with E-state index in [2.05, 4.69) is 5.32 Å². The van der Waals surface area contributed by atoms with Crippen molar-refractivity contribution in [2.75, 3.05) is 0 Å². The predicted octanol–water partition coefficient (Wildman–Crippen LogP) is 3.51. The van der Waals surface area contributed by atoms with Gasteiger partial charge in [0.05, 0.1) is 6.42 Å². The topological polar surface area (TPSA) is 29.1 Å². The molecule has 0 atom stereocenters. The van der Waals surface area contributed by atoms with Gasteiger partial charge < -0.3 is 5.32 Å². The summed E-state index contributed by atoms with van der Waals surface area (Å²) < 4.78 is 0. The Bertz CT molecular complexity index is 580. The first-order valence-corrected chi connectivity index (χ1v) is 6.58. The van der Waals surface area contributed by atoms with Gasteiger partial charge in [-0.3, -0.25) is 4.79 Å². The van der Waals surface area contributed by atoms with Crippen LogP contribution >= 0.6 is 11.6 Å². The maximum atomic E-state index is 11.9. The Morgan fingerprint density at radius 2 is 1.95 bits per heavy atom. The van der Waals surface area contributed by atoms with Gasteiger partial charge in [0.1, 0.15) is 0 Å². The Kier molecular flexibility index (Phi) is 4.58. The van der Waals surface area contributed by atoms with Crippen molar-refractivity contribution >= 4 is 17.5 Å². The molecule has 0 saturated heterocycles. The van der Waals surface area contributed by atoms with E-state index >= 15 is 0 Å². The highest BCUT2D eigenvalue weighted by molar-refractivity contribution is 6.31. The van der Waals surface area contributed by atoms with E-state index in [9.17, 15) is 4.79 Å². The molecule has 0 aromatic heterocycles. The molecule has 0 spiro atoms. The fourth-order valence-electron chi connectivity index (χ4n) is 1.91. The Balaban J connectivity index is 1.90. The number of benzene rings is 2. The van der Waals surface area contributed by atoms with Crippen LogP contribution < -0.4 is 5.32 Å². The second-order valence-corrected chi connectivity index (χ2v) is 4.94. The molecule has 2 nitrogen and oxygen atoms in total. The van der Waals surface area contributed by atoms with E-state index in [1.165, 1.54) is 0 Å². The highest BCUT2D eigenvalue weighted by Crippen LogP contribution is 2.14. The number of hydrogen-bond donors (Lipinski definition) is 1. The average Bonchev–Trinajstić information content (AvgIpc) is 2.38. The van der Waals surface area contributed by atoms with Gasteiger partial charge in [0.15, 0.2) is 0 Å². The van der Waals surface area contributed by atoms with Crippen LogP contribution in [0.15, 0.2) is 48.5 Å². The van der Waals surface area contributed by atoms with E-state index in [0.29, 0.717) is 18.0 Å². The van der Waals surface area contributed by atoms with E-state index in [1.54, 1.807) is 0 Å². The molecule has 0 saturated carbocycles. The van der Waals surface area contributed by atoms with Gasteiger partial charge in [0.2, 0.25) is 5.91 Å². The third-order valence-electron chi connectivity index (χ3n) is 2.88. The van der Waals surface area contributed by atoms with Gasteiger partial charge in [-0.25, -0.2) is 0 Å². The van der Waals surface area contributed by atoms with Crippen molar-refractivity contribution < 1.29 is 4.79 Å². The monoisotopic (exact) mass is 273 g/mol. The van der Waals surface area contributed by atoms with Crippen LogP contribution in [0.4, 0.5) is 0 Å². The fourth-order valence-corrected chi connectivity index (χ4v) is 2.11. The number of amides is 1. The predicted molar refractivity (Wildman–Crippen MR) is 78.2 cm³/mol. The maximum absolute atomic E-state index is 11.9. The summed E-state index contributed by atoms with van der Waals surface area (Å²) in [5.41, 5.74) is 3.12. The van der Waals surface area contributed by atoms with Crippen LogP contribution in [-0.2, 0) is 17.8 Å². The van der Waals surface area contributed by atoms with E-state index in [-0.39, 0.29) is 5.91 Å². The first-order chi connectivity index (χ1) is 9.15. The summed E-state index contributed by atoms with van der Waals surface area (Å²) in [6.07, 6.45) is 0.395. The average molecular weight is 274 g/mol. The Morgan fingerprint density at radius 1 is 1.16 bits per heavy atom. The van der Waals surface area contributed by atoms with Crippen molar-refractivity contribution in [3.05, 3.63) is 70.2 Å². The number of nitrogens with one attached hydrogen (secondary N) is 1. The summed E-state index contributed by atoms with van der Waals surface area (Å²) in [5, 5.41) is 3.56. The lowest BCUT2D eigenvalue weighted by atomic mass is 10.1. The summed E-state index contributed by atoms with van der Waals surface area (Å²) in [5.74, 6) is 0.00511. The highest BCUT2D eigenvalue weighted by Gasteiger charge is 2.05. The number of carbonyl (C=O) groups is 1. The third kappa shape index (κ3) is 4.11. The van der Waals surface area contributed by atoms with Crippen LogP contribution in [0.3, 0.4) is 0 Å². The second kappa shape index (κ2) is 6.39. The zero-order valence-corrected chi connectivity index (χ0v) is 11.6. The first kappa shape index (κ1) is 13.6. The molecule has 19 heavy (non-hydrogen) atoms. The number of carbonyl (C=O) groups excluding carboxylic acids is 1. The molecule has 0 unspecified atom stereocenters. The molecule has 0 aliphatic heterocycles. The molecule has 98 valence electrons. The highest BCUT2D eigenvalue weighted by atomic mass is 35.5. The van der Waals surface area contributed by atoms with Crippen LogP contribution in [-0.4, -0.2) is 5.91 Å². The van der Waals surface area contributed by atoms with Crippen LogP contribution in [0.1, 0.15) is 16.7 Å². The number of rotatable bonds is 4. The first-order valence-electron chi connectivity index (χ1n) is 6.21. The fraction of sp³-hybridized carbons (Fsp3) is 0.188. The van der Waals surface area contributed by atoms with Crippen LogP contribution in [0, 0.1) is 6.92 Å². The zero-order chi connectivity index (χ0) is 13.7. The third-order valence-corrected chi connectivity index (χ3v) is 3.25. The van der Waals surface area contributed by atoms with Gasteiger partial charge >= 0.3 is 0 Å². The molecule has 2 aromatic carbocycles. The maximum Gasteiger partial charge on any atom is 0.224 e. The van der Waals surface area contributed by atoms with Crippen molar-refractivity contribution in [2.24, 2.45) is 0 Å². The van der Waals surface area contributed by atoms with Crippen molar-refractivity contribution in [1.29, 1.82) is 0 Å². The normalized spacial score (nSPS) is 10.2. The molecule has 0 radical (unpaired) electrons. The molecule has 0 fully saturated rings. The van der Waals surface area contributed by atoms with Gasteiger partial charge in [-0.1, -0.05) is 59.6 Å². The zero-order valence-electron chi connectivity index (χ0n) is 10.8. The second-order valence-electron chi connectivity index (χ2n) is 4.53. The molecular formula is C16H16ClNO. The molecule has 3 heteroatoms. The van der Waals surface area contributed by atoms with Crippen molar-refractivity contribution in [2.45, 2.75) is 19.9 Å². The lowest BCUT2D eigenvalue weighted by Gasteiger charge is -2.07. The summed E-state index contributed by atoms with van der Waals surface area (Å²) in [7, 11) is 0. The molecule has 2 aromatic rings. The van der Waals surface area contributed by atoms with Gasteiger partial charge in [0, 0.05) is 11.6 Å². The minimum absolute atomic E-state index is 0.00511. The van der Waals surface area contributed by atoms with E-state index < -0.39 is 0 Å². The van der Waals surface area contributed by atoms with Crippen molar-refractivity contribution in [3.63, 3.8) is 0 Å². The number of hydrogen-bond acceptors (Lipinski definition) is 1. The van der Waals surface area contributed by atoms with Crippen molar-refractivity contribution in [1.82, 2.24) is 5.32 Å². The van der Waals surface area contributed by atoms with Gasteiger partial charge in [-0.2, -0.15) is 0 Å². The molecule has 0 bridgehead atoms. The Morgan fingerprint density at radius 3 is 2.68 bits per heavy atom. The van der Waals surface area contributed by atoms with Gasteiger partial charge in [-0.15, -0.1) is 0 Å². The summed E-state index contributed by atoms with van der Waals surface area (Å²) >= 11 is 6.04. The van der Waals surface area contributed by atoms with E-state index in [1.807, 2.05) is 55.5 Å². The van der Waals surface area contributed by atoms with E-state index in [0.717, 1.165) is 16.7 Å². The lowest BCUT2D eigenvalue weighted by Crippen LogP contribution is -2.24. The standard InChI is InChI=1S/C16H16ClNO/c1-12-5-4-6-13(9-12)10-16(19)18-11-14-7-2-3-8-15(14)17/h2-9H,10-11H2,1H3,(H,18,19). The minimum Gasteiger partial charge on any atom is -0.352 e. The number of aryl methyl sites for hydroxylation is 1.